The zero-order valence-electron chi connectivity index (χ0n) is 11.2. The summed E-state index contributed by atoms with van der Waals surface area (Å²) in [7, 11) is 0. The quantitative estimate of drug-likeness (QED) is 0.809. The lowest BCUT2D eigenvalue weighted by atomic mass is 10.2. The molecule has 1 aromatic rings. The maximum absolute atomic E-state index is 12.2. The van der Waals surface area contributed by atoms with Crippen LogP contribution in [0, 0.1) is 0 Å². The summed E-state index contributed by atoms with van der Waals surface area (Å²) in [6.07, 6.45) is -1.06. The highest BCUT2D eigenvalue weighted by Crippen LogP contribution is 2.10. The summed E-state index contributed by atoms with van der Waals surface area (Å²) < 4.78 is 4.93. The molecule has 1 aliphatic heterocycles. The summed E-state index contributed by atoms with van der Waals surface area (Å²) >= 11 is 0. The van der Waals surface area contributed by atoms with Gasteiger partial charge in [-0.1, -0.05) is 37.3 Å². The second-order valence-corrected chi connectivity index (χ2v) is 4.47. The van der Waals surface area contributed by atoms with E-state index in [0.29, 0.717) is 6.54 Å². The smallest absolute Gasteiger partial charge is 0.307 e. The van der Waals surface area contributed by atoms with Gasteiger partial charge in [-0.3, -0.25) is 14.4 Å². The van der Waals surface area contributed by atoms with E-state index in [2.05, 4.69) is 5.32 Å². The number of nitrogens with zero attached hydrogens (tertiary/aromatic N) is 1. The molecule has 1 saturated heterocycles. The molecule has 0 spiro atoms. The van der Waals surface area contributed by atoms with Crippen LogP contribution in [0.15, 0.2) is 30.3 Å². The number of ether oxygens (including phenoxy) is 1. The van der Waals surface area contributed by atoms with Crippen LogP contribution in [0.1, 0.15) is 18.9 Å². The number of hydrogen-bond donors (Lipinski definition) is 1. The summed E-state index contributed by atoms with van der Waals surface area (Å²) in [5.41, 5.74) is 0.913. The fourth-order valence-corrected chi connectivity index (χ4v) is 1.90. The van der Waals surface area contributed by atoms with Gasteiger partial charge in [-0.25, -0.2) is 0 Å². The number of nitrogens with one attached hydrogen (secondary N) is 1. The van der Waals surface area contributed by atoms with Crippen LogP contribution in [0.25, 0.3) is 0 Å². The molecule has 1 fully saturated rings. The van der Waals surface area contributed by atoms with Crippen molar-refractivity contribution in [3.8, 4) is 0 Å². The average Bonchev–Trinajstić information content (AvgIpc) is 2.45. The molecule has 1 N–H and O–H groups in total. The van der Waals surface area contributed by atoms with Crippen LogP contribution >= 0.6 is 0 Å². The van der Waals surface area contributed by atoms with Crippen molar-refractivity contribution < 1.29 is 19.1 Å². The molecule has 1 aromatic carbocycles. The number of piperazine rings is 1. The normalized spacial score (nSPS) is 18.6. The molecule has 2 amide bonds. The maximum atomic E-state index is 12.2. The van der Waals surface area contributed by atoms with Crippen LogP contribution in [-0.2, 0) is 25.7 Å². The Kier molecular flexibility index (Phi) is 4.34. The van der Waals surface area contributed by atoms with E-state index in [4.69, 9.17) is 4.74 Å². The van der Waals surface area contributed by atoms with Crippen molar-refractivity contribution in [1.29, 1.82) is 0 Å². The Labute approximate surface area is 116 Å². The molecule has 0 bridgehead atoms. The molecule has 106 valence electrons. The largest absolute Gasteiger partial charge is 0.432 e. The van der Waals surface area contributed by atoms with E-state index in [0.717, 1.165) is 5.56 Å². The summed E-state index contributed by atoms with van der Waals surface area (Å²) in [6, 6.07) is 9.33. The molecule has 0 aliphatic carbocycles. The number of hydrogen-bond acceptors (Lipinski definition) is 4. The number of carbonyl (C=O) groups excluding carboxylic acids is 3. The highest BCUT2D eigenvalue weighted by Gasteiger charge is 2.35. The first-order chi connectivity index (χ1) is 9.60. The van der Waals surface area contributed by atoms with E-state index in [-0.39, 0.29) is 18.9 Å². The van der Waals surface area contributed by atoms with Crippen molar-refractivity contribution in [3.63, 3.8) is 0 Å². The van der Waals surface area contributed by atoms with Crippen LogP contribution < -0.4 is 5.32 Å². The number of amides is 2. The van der Waals surface area contributed by atoms with E-state index in [1.165, 1.54) is 4.90 Å². The van der Waals surface area contributed by atoms with Crippen molar-refractivity contribution >= 4 is 17.8 Å². The van der Waals surface area contributed by atoms with Crippen molar-refractivity contribution in [2.24, 2.45) is 0 Å². The molecule has 20 heavy (non-hydrogen) atoms. The zero-order chi connectivity index (χ0) is 14.5. The van der Waals surface area contributed by atoms with Crippen LogP contribution in [0.3, 0.4) is 0 Å². The van der Waals surface area contributed by atoms with Gasteiger partial charge in [0.15, 0.2) is 0 Å². The predicted octanol–water partition coefficient (Wildman–Crippen LogP) is 0.424. The lowest BCUT2D eigenvalue weighted by Gasteiger charge is -2.31. The van der Waals surface area contributed by atoms with Crippen molar-refractivity contribution in [3.05, 3.63) is 35.9 Å². The van der Waals surface area contributed by atoms with Crippen molar-refractivity contribution in [2.75, 3.05) is 6.54 Å². The Hall–Kier alpha value is -2.37. The van der Waals surface area contributed by atoms with Crippen LogP contribution in [-0.4, -0.2) is 35.5 Å². The molecule has 1 heterocycles. The third-order valence-electron chi connectivity index (χ3n) is 2.92. The van der Waals surface area contributed by atoms with Gasteiger partial charge in [0.1, 0.15) is 6.54 Å². The average molecular weight is 276 g/mol. The van der Waals surface area contributed by atoms with Crippen LogP contribution in [0.5, 0.6) is 0 Å². The molecule has 1 unspecified atom stereocenters. The maximum Gasteiger partial charge on any atom is 0.307 e. The molecule has 0 saturated carbocycles. The van der Waals surface area contributed by atoms with E-state index in [1.54, 1.807) is 6.92 Å². The standard InChI is InChI=1S/C14H16N2O4/c1-2-12(18)20-13-14(19)16(9-11(17)15-13)8-10-6-4-3-5-7-10/h3-7,13H,2,8-9H2,1H3,(H,15,17). The van der Waals surface area contributed by atoms with Gasteiger partial charge >= 0.3 is 5.97 Å². The number of esters is 1. The molecule has 0 radical (unpaired) electrons. The van der Waals surface area contributed by atoms with Gasteiger partial charge in [0.25, 0.3) is 12.1 Å². The molecule has 6 nitrogen and oxygen atoms in total. The minimum Gasteiger partial charge on any atom is -0.432 e. The fourth-order valence-electron chi connectivity index (χ4n) is 1.90. The molecule has 6 heteroatoms. The highest BCUT2D eigenvalue weighted by molar-refractivity contribution is 5.95. The van der Waals surface area contributed by atoms with Crippen molar-refractivity contribution in [1.82, 2.24) is 10.2 Å². The minimum absolute atomic E-state index is 0.0338. The Morgan fingerprint density at radius 3 is 2.70 bits per heavy atom. The topological polar surface area (TPSA) is 75.7 Å². The second-order valence-electron chi connectivity index (χ2n) is 4.47. The molecular weight excluding hydrogens is 260 g/mol. The second kappa shape index (κ2) is 6.18. The van der Waals surface area contributed by atoms with Gasteiger partial charge in [0, 0.05) is 13.0 Å². The van der Waals surface area contributed by atoms with E-state index in [9.17, 15) is 14.4 Å². The fraction of sp³-hybridized carbons (Fsp3) is 0.357. The first-order valence-corrected chi connectivity index (χ1v) is 6.41. The SMILES string of the molecule is CCC(=O)OC1NC(=O)CN(Cc2ccccc2)C1=O. The van der Waals surface area contributed by atoms with Crippen LogP contribution in [0.4, 0.5) is 0 Å². The summed E-state index contributed by atoms with van der Waals surface area (Å²) in [5.74, 6) is -1.27. The van der Waals surface area contributed by atoms with E-state index >= 15 is 0 Å². The number of carbonyl (C=O) groups is 3. The van der Waals surface area contributed by atoms with E-state index < -0.39 is 18.1 Å². The lowest BCUT2D eigenvalue weighted by molar-refractivity contribution is -0.168. The third-order valence-corrected chi connectivity index (χ3v) is 2.92. The van der Waals surface area contributed by atoms with Gasteiger partial charge in [0.2, 0.25) is 5.91 Å². The molecule has 0 aromatic heterocycles. The predicted molar refractivity (Wildman–Crippen MR) is 70.2 cm³/mol. The Morgan fingerprint density at radius 1 is 1.35 bits per heavy atom. The molecule has 2 rings (SSSR count). The minimum atomic E-state index is -1.22. The summed E-state index contributed by atoms with van der Waals surface area (Å²) in [6.45, 7) is 1.90. The van der Waals surface area contributed by atoms with Gasteiger partial charge in [-0.15, -0.1) is 0 Å². The third kappa shape index (κ3) is 3.34. The Balaban J connectivity index is 2.07. The zero-order valence-corrected chi connectivity index (χ0v) is 11.2. The number of rotatable bonds is 4. The van der Waals surface area contributed by atoms with Gasteiger partial charge in [-0.2, -0.15) is 0 Å². The van der Waals surface area contributed by atoms with Gasteiger partial charge < -0.3 is 15.0 Å². The Bertz CT molecular complexity index is 515. The lowest BCUT2D eigenvalue weighted by Crippen LogP contribution is -2.59. The van der Waals surface area contributed by atoms with Gasteiger partial charge in [-0.05, 0) is 5.56 Å². The molecule has 1 aliphatic rings. The monoisotopic (exact) mass is 276 g/mol. The Morgan fingerprint density at radius 2 is 2.05 bits per heavy atom. The van der Waals surface area contributed by atoms with Gasteiger partial charge in [0.05, 0.1) is 0 Å². The highest BCUT2D eigenvalue weighted by atomic mass is 16.6. The van der Waals surface area contributed by atoms with E-state index in [1.807, 2.05) is 30.3 Å². The summed E-state index contributed by atoms with van der Waals surface area (Å²) in [5, 5.41) is 2.37. The molecule has 1 atom stereocenters. The van der Waals surface area contributed by atoms with Crippen LogP contribution in [0.2, 0.25) is 0 Å². The first kappa shape index (κ1) is 14.0. The van der Waals surface area contributed by atoms with Crippen molar-refractivity contribution in [2.45, 2.75) is 26.1 Å². The number of benzene rings is 1. The summed E-state index contributed by atoms with van der Waals surface area (Å²) in [4.78, 5) is 36.4. The molecular formula is C14H16N2O4. The first-order valence-electron chi connectivity index (χ1n) is 6.41.